The summed E-state index contributed by atoms with van der Waals surface area (Å²) in [4.78, 5) is 4.23. The number of methoxy groups -OCH3 is 1. The van der Waals surface area contributed by atoms with E-state index in [1.807, 2.05) is 27.7 Å². The highest BCUT2D eigenvalue weighted by atomic mass is 31.0. The lowest BCUT2D eigenvalue weighted by molar-refractivity contribution is 0.183. The van der Waals surface area contributed by atoms with Crippen molar-refractivity contribution in [1.29, 1.82) is 0 Å². The van der Waals surface area contributed by atoms with E-state index < -0.39 is 0 Å². The van der Waals surface area contributed by atoms with Gasteiger partial charge < -0.3 is 9.47 Å². The summed E-state index contributed by atoms with van der Waals surface area (Å²) in [5, 5.41) is 1.18. The number of benzene rings is 2. The highest BCUT2D eigenvalue weighted by molar-refractivity contribution is 7.27. The van der Waals surface area contributed by atoms with Crippen LogP contribution in [0.2, 0.25) is 0 Å². The van der Waals surface area contributed by atoms with E-state index in [1.54, 1.807) is 7.11 Å². The second kappa shape index (κ2) is 14.0. The molecule has 0 aliphatic heterocycles. The molecule has 168 valence electrons. The summed E-state index contributed by atoms with van der Waals surface area (Å²) in [5.74, 6) is 0.912. The van der Waals surface area contributed by atoms with Gasteiger partial charge in [-0.25, -0.2) is 0 Å². The van der Waals surface area contributed by atoms with E-state index in [4.69, 9.17) is 9.47 Å². The third-order valence-corrected chi connectivity index (χ3v) is 4.95. The van der Waals surface area contributed by atoms with Gasteiger partial charge in [-0.15, -0.1) is 9.24 Å². The molecule has 4 heteroatoms. The van der Waals surface area contributed by atoms with Crippen molar-refractivity contribution in [1.82, 2.24) is 4.98 Å². The normalized spacial score (nSPS) is 9.84. The molecule has 2 aromatic carbocycles. The summed E-state index contributed by atoms with van der Waals surface area (Å²) in [6.45, 7) is 15.5. The fraction of sp³-hybridized carbons (Fsp3) is 0.370. The Morgan fingerprint density at radius 1 is 0.774 bits per heavy atom. The second-order valence-electron chi connectivity index (χ2n) is 7.43. The van der Waals surface area contributed by atoms with Gasteiger partial charge in [0.2, 0.25) is 0 Å². The predicted molar refractivity (Wildman–Crippen MR) is 137 cm³/mol. The maximum atomic E-state index is 5.88. The third-order valence-electron chi connectivity index (χ3n) is 4.57. The molecule has 0 fully saturated rings. The van der Waals surface area contributed by atoms with E-state index in [9.17, 15) is 0 Å². The lowest BCUT2D eigenvalue weighted by atomic mass is 10.0. The van der Waals surface area contributed by atoms with Crippen molar-refractivity contribution in [2.45, 2.75) is 61.7 Å². The molecule has 1 atom stereocenters. The van der Waals surface area contributed by atoms with Gasteiger partial charge >= 0.3 is 0 Å². The van der Waals surface area contributed by atoms with Crippen molar-refractivity contribution in [3.05, 3.63) is 87.7 Å². The van der Waals surface area contributed by atoms with E-state index in [-0.39, 0.29) is 0 Å². The van der Waals surface area contributed by atoms with Crippen LogP contribution >= 0.6 is 9.24 Å². The molecule has 0 spiro atoms. The van der Waals surface area contributed by atoms with Gasteiger partial charge in [0, 0.05) is 18.5 Å². The van der Waals surface area contributed by atoms with Crippen molar-refractivity contribution in [2.75, 3.05) is 7.11 Å². The maximum absolute atomic E-state index is 5.88. The minimum absolute atomic E-state index is 0.591. The van der Waals surface area contributed by atoms with Crippen LogP contribution in [0.15, 0.2) is 48.5 Å². The van der Waals surface area contributed by atoms with E-state index in [0.29, 0.717) is 13.2 Å². The molecule has 0 saturated heterocycles. The van der Waals surface area contributed by atoms with Crippen LogP contribution in [0.5, 0.6) is 5.75 Å². The molecule has 0 saturated carbocycles. The first-order chi connectivity index (χ1) is 14.8. The summed E-state index contributed by atoms with van der Waals surface area (Å²) >= 11 is 0. The minimum Gasteiger partial charge on any atom is -0.489 e. The van der Waals surface area contributed by atoms with E-state index in [2.05, 4.69) is 83.5 Å². The number of rotatable bonds is 5. The van der Waals surface area contributed by atoms with Crippen molar-refractivity contribution >= 4 is 14.5 Å². The number of ether oxygens (including phenoxy) is 2. The van der Waals surface area contributed by atoms with Gasteiger partial charge in [0.1, 0.15) is 12.4 Å². The summed E-state index contributed by atoms with van der Waals surface area (Å²) in [5.41, 5.74) is 8.34. The first-order valence-electron chi connectivity index (χ1n) is 10.8. The van der Waals surface area contributed by atoms with Gasteiger partial charge in [0.15, 0.2) is 0 Å². The molecule has 31 heavy (non-hydrogen) atoms. The van der Waals surface area contributed by atoms with Crippen molar-refractivity contribution in [2.24, 2.45) is 0 Å². The zero-order valence-electron chi connectivity index (χ0n) is 20.4. The molecule has 3 rings (SSSR count). The molecule has 0 aliphatic carbocycles. The predicted octanol–water partition coefficient (Wildman–Crippen LogP) is 6.56. The highest BCUT2D eigenvalue weighted by Crippen LogP contribution is 2.23. The fourth-order valence-corrected chi connectivity index (χ4v) is 3.43. The Kier molecular flexibility index (Phi) is 12.1. The SMILES string of the molecule is CC.COCc1c(C)cc(OCc2ccc(P)cc2)cc1C.Cc1cc(C)nc(C)c1. The Morgan fingerprint density at radius 2 is 1.29 bits per heavy atom. The van der Waals surface area contributed by atoms with Gasteiger partial charge in [-0.2, -0.15) is 0 Å². The first-order valence-corrected chi connectivity index (χ1v) is 11.3. The van der Waals surface area contributed by atoms with Crippen LogP contribution in [-0.2, 0) is 18.0 Å². The van der Waals surface area contributed by atoms with Crippen LogP contribution in [0.1, 0.15) is 53.1 Å². The fourth-order valence-electron chi connectivity index (χ4n) is 3.23. The second-order valence-corrected chi connectivity index (χ2v) is 8.09. The van der Waals surface area contributed by atoms with Gasteiger partial charge in [-0.1, -0.05) is 38.1 Å². The summed E-state index contributed by atoms with van der Waals surface area (Å²) in [6.07, 6.45) is 0. The van der Waals surface area contributed by atoms with Crippen molar-refractivity contribution in [3.63, 3.8) is 0 Å². The molecule has 3 aromatic rings. The van der Waals surface area contributed by atoms with Crippen molar-refractivity contribution in [3.8, 4) is 5.75 Å². The monoisotopic (exact) mass is 439 g/mol. The Balaban J connectivity index is 0.000000365. The topological polar surface area (TPSA) is 31.4 Å². The molecule has 1 unspecified atom stereocenters. The molecule has 1 heterocycles. The van der Waals surface area contributed by atoms with Crippen LogP contribution < -0.4 is 10.0 Å². The molecular formula is C27H38NO2P. The number of aromatic nitrogens is 1. The van der Waals surface area contributed by atoms with E-state index in [1.165, 1.54) is 33.1 Å². The van der Waals surface area contributed by atoms with Crippen LogP contribution in [0.25, 0.3) is 0 Å². The summed E-state index contributed by atoms with van der Waals surface area (Å²) < 4.78 is 11.1. The zero-order chi connectivity index (χ0) is 23.4. The van der Waals surface area contributed by atoms with Gasteiger partial charge in [0.05, 0.1) is 6.61 Å². The molecule has 0 bridgehead atoms. The molecule has 0 aliphatic rings. The Labute approximate surface area is 191 Å². The van der Waals surface area contributed by atoms with Gasteiger partial charge in [-0.05, 0) is 92.0 Å². The largest absolute Gasteiger partial charge is 0.489 e. The van der Waals surface area contributed by atoms with Crippen LogP contribution in [0.3, 0.4) is 0 Å². The highest BCUT2D eigenvalue weighted by Gasteiger charge is 2.06. The van der Waals surface area contributed by atoms with Gasteiger partial charge in [0.25, 0.3) is 0 Å². The van der Waals surface area contributed by atoms with E-state index in [0.717, 1.165) is 17.1 Å². The number of pyridine rings is 1. The van der Waals surface area contributed by atoms with E-state index >= 15 is 0 Å². The number of hydrogen-bond donors (Lipinski definition) is 0. The lowest BCUT2D eigenvalue weighted by Crippen LogP contribution is -2.01. The summed E-state index contributed by atoms with van der Waals surface area (Å²) in [6, 6.07) is 16.6. The lowest BCUT2D eigenvalue weighted by Gasteiger charge is -2.13. The molecule has 0 N–H and O–H groups in total. The average molecular weight is 440 g/mol. The number of nitrogens with zero attached hydrogens (tertiary/aromatic N) is 1. The molecule has 0 amide bonds. The maximum Gasteiger partial charge on any atom is 0.120 e. The quantitative estimate of drug-likeness (QED) is 0.422. The minimum atomic E-state index is 0.591. The average Bonchev–Trinajstić information content (AvgIpc) is 2.71. The molecule has 1 aromatic heterocycles. The molecule has 3 nitrogen and oxygen atoms in total. The standard InChI is InChI=1S/C17H21O2P.C8H11N.C2H6/c1-12-8-15(9-13(2)17(12)11-18-3)19-10-14-4-6-16(20)7-5-14;1-6-4-7(2)9-8(3)5-6;1-2/h4-9H,10-11,20H2,1-3H3;4-5H,1-3H3;1-2H3. The van der Waals surface area contributed by atoms with Crippen LogP contribution in [0, 0.1) is 34.6 Å². The van der Waals surface area contributed by atoms with Crippen LogP contribution in [0.4, 0.5) is 0 Å². The first kappa shape index (κ1) is 26.8. The number of hydrogen-bond acceptors (Lipinski definition) is 3. The van der Waals surface area contributed by atoms with Crippen LogP contribution in [-0.4, -0.2) is 12.1 Å². The third kappa shape index (κ3) is 9.63. The summed E-state index contributed by atoms with van der Waals surface area (Å²) in [7, 11) is 4.41. The van der Waals surface area contributed by atoms with Crippen molar-refractivity contribution < 1.29 is 9.47 Å². The molecular weight excluding hydrogens is 401 g/mol. The Morgan fingerprint density at radius 3 is 1.74 bits per heavy atom. The Bertz CT molecular complexity index is 863. The van der Waals surface area contributed by atoms with Gasteiger partial charge in [-0.3, -0.25) is 4.98 Å². The molecule has 0 radical (unpaired) electrons. The Hall–Kier alpha value is -2.22. The smallest absolute Gasteiger partial charge is 0.120 e. The zero-order valence-corrected chi connectivity index (χ0v) is 21.5. The number of aryl methyl sites for hydroxylation is 5.